The van der Waals surface area contributed by atoms with Crippen LogP contribution in [-0.4, -0.2) is 67.7 Å². The minimum absolute atomic E-state index is 0.0601. The number of allylic oxidation sites excluding steroid dienone is 2. The molecule has 2 aliphatic rings. The molecule has 0 aromatic rings. The molecule has 0 radical (unpaired) electrons. The highest BCUT2D eigenvalue weighted by atomic mass is 32.2. The van der Waals surface area contributed by atoms with Crippen LogP contribution in [0.1, 0.15) is 72.1 Å². The number of carbonyl (C=O) groups excluding carboxylic acids is 1. The molecule has 2 saturated heterocycles. The topological polar surface area (TPSA) is 72.9 Å². The number of piperidine rings is 1. The number of hydrogen-bond acceptors (Lipinski definition) is 5. The molecule has 2 heterocycles. The average molecular weight is 516 g/mol. The summed E-state index contributed by atoms with van der Waals surface area (Å²) in [4.78, 5) is 13.0. The van der Waals surface area contributed by atoms with Gasteiger partial charge in [-0.25, -0.2) is 17.1 Å². The summed E-state index contributed by atoms with van der Waals surface area (Å²) in [6.45, 7) is 6.09. The van der Waals surface area contributed by atoms with Crippen molar-refractivity contribution in [1.82, 2.24) is 4.31 Å². The number of halogens is 4. The third-order valence-electron chi connectivity index (χ3n) is 6.33. The van der Waals surface area contributed by atoms with Crippen molar-refractivity contribution in [2.24, 2.45) is 5.92 Å². The predicted octanol–water partition coefficient (Wildman–Crippen LogP) is 4.94. The molecule has 1 unspecified atom stereocenters. The number of esters is 1. The molecule has 2 fully saturated rings. The molecule has 6 nitrogen and oxygen atoms in total. The smallest absolute Gasteiger partial charge is 0.419 e. The van der Waals surface area contributed by atoms with Gasteiger partial charge < -0.3 is 9.47 Å². The maximum absolute atomic E-state index is 13.6. The molecule has 0 N–H and O–H groups in total. The van der Waals surface area contributed by atoms with Gasteiger partial charge in [-0.05, 0) is 52.4 Å². The Balaban J connectivity index is 1.88. The number of nitrogens with zero attached hydrogens (tertiary/aromatic N) is 1. The lowest BCUT2D eigenvalue weighted by Crippen LogP contribution is -2.59. The Bertz CT molecular complexity index is 793. The van der Waals surface area contributed by atoms with Crippen molar-refractivity contribution in [3.63, 3.8) is 0 Å². The van der Waals surface area contributed by atoms with E-state index in [0.29, 0.717) is 32.4 Å². The van der Waals surface area contributed by atoms with E-state index in [2.05, 4.69) is 0 Å². The van der Waals surface area contributed by atoms with Crippen LogP contribution in [0.5, 0.6) is 0 Å². The van der Waals surface area contributed by atoms with Gasteiger partial charge >= 0.3 is 12.1 Å². The van der Waals surface area contributed by atoms with Crippen molar-refractivity contribution in [1.29, 1.82) is 0 Å². The van der Waals surface area contributed by atoms with Crippen LogP contribution < -0.4 is 0 Å². The Hall–Kier alpha value is -1.20. The van der Waals surface area contributed by atoms with Gasteiger partial charge in [-0.1, -0.05) is 18.6 Å². The Morgan fingerprint density at radius 2 is 1.74 bits per heavy atom. The number of hydrogen-bond donors (Lipinski definition) is 0. The largest absolute Gasteiger partial charge is 0.459 e. The Labute approximate surface area is 200 Å². The first-order valence-corrected chi connectivity index (χ1v) is 13.3. The predicted molar refractivity (Wildman–Crippen MR) is 120 cm³/mol. The van der Waals surface area contributed by atoms with Crippen LogP contribution in [0.2, 0.25) is 0 Å². The maximum Gasteiger partial charge on any atom is 0.419 e. The lowest BCUT2D eigenvalue weighted by Gasteiger charge is -2.41. The van der Waals surface area contributed by atoms with Gasteiger partial charge in [0.1, 0.15) is 5.60 Å². The van der Waals surface area contributed by atoms with Crippen LogP contribution in [0.3, 0.4) is 0 Å². The monoisotopic (exact) mass is 515 g/mol. The van der Waals surface area contributed by atoms with Crippen LogP contribution in [0.4, 0.5) is 17.6 Å². The van der Waals surface area contributed by atoms with Crippen LogP contribution in [0.15, 0.2) is 12.2 Å². The molecule has 2 rings (SSSR count). The fourth-order valence-corrected chi connectivity index (χ4v) is 6.44. The zero-order chi connectivity index (χ0) is 25.6. The highest BCUT2D eigenvalue weighted by Gasteiger charge is 2.56. The molecule has 2 aliphatic heterocycles. The fraction of sp³-hybridized carbons (Fsp3) is 0.870. The molecule has 0 aliphatic carbocycles. The first-order chi connectivity index (χ1) is 15.7. The van der Waals surface area contributed by atoms with Crippen molar-refractivity contribution in [3.8, 4) is 0 Å². The number of unbranched alkanes of at least 4 members (excludes halogenated alkanes) is 1. The van der Waals surface area contributed by atoms with Crippen molar-refractivity contribution in [3.05, 3.63) is 12.2 Å². The average Bonchev–Trinajstić information content (AvgIpc) is 2.74. The van der Waals surface area contributed by atoms with Crippen LogP contribution in [-0.2, 0) is 24.3 Å². The molecule has 0 bridgehead atoms. The van der Waals surface area contributed by atoms with Crippen LogP contribution >= 0.6 is 0 Å². The van der Waals surface area contributed by atoms with E-state index in [9.17, 15) is 30.8 Å². The summed E-state index contributed by atoms with van der Waals surface area (Å²) in [7, 11) is -3.95. The Kier molecular flexibility index (Phi) is 9.98. The Morgan fingerprint density at radius 3 is 2.26 bits per heavy atom. The van der Waals surface area contributed by atoms with Gasteiger partial charge in [0.15, 0.2) is 10.9 Å². The van der Waals surface area contributed by atoms with Crippen LogP contribution in [0, 0.1) is 5.92 Å². The molecule has 34 heavy (non-hydrogen) atoms. The third-order valence-corrected chi connectivity index (χ3v) is 8.93. The zero-order valence-electron chi connectivity index (χ0n) is 20.2. The van der Waals surface area contributed by atoms with E-state index < -0.39 is 45.1 Å². The van der Waals surface area contributed by atoms with E-state index in [4.69, 9.17) is 9.47 Å². The molecule has 11 heteroatoms. The standard InChI is InChI=1S/C23H37F4NO5S/c1-21(2,3)33-20(29)22(12-16-32-17-13-22)34(30,31)28-14-10-18(11-15-28)8-6-4-5-7-9-19(24)23(25,26)27/h5,7,18-19H,4,6,8-17H2,1-3H3/b7-5+. The minimum atomic E-state index is -4.83. The molecule has 0 saturated carbocycles. The molecular formula is C23H37F4NO5S. The molecule has 1 atom stereocenters. The fourth-order valence-electron chi connectivity index (χ4n) is 4.32. The second kappa shape index (κ2) is 11.7. The Morgan fingerprint density at radius 1 is 1.15 bits per heavy atom. The summed E-state index contributed by atoms with van der Waals surface area (Å²) in [6.07, 6.45) is -2.07. The number of carbonyl (C=O) groups is 1. The summed E-state index contributed by atoms with van der Waals surface area (Å²) in [5.41, 5.74) is -0.808. The van der Waals surface area contributed by atoms with Gasteiger partial charge in [0.25, 0.3) is 0 Å². The van der Waals surface area contributed by atoms with Crippen molar-refractivity contribution < 1.29 is 40.2 Å². The summed E-state index contributed by atoms with van der Waals surface area (Å²) in [5.74, 6) is -0.436. The number of sulfonamides is 1. The van der Waals surface area contributed by atoms with Gasteiger partial charge in [0.2, 0.25) is 10.0 Å². The van der Waals surface area contributed by atoms with E-state index in [1.807, 2.05) is 0 Å². The first kappa shape index (κ1) is 29.0. The molecule has 198 valence electrons. The lowest BCUT2D eigenvalue weighted by molar-refractivity contribution is -0.179. The number of rotatable bonds is 9. The maximum atomic E-state index is 13.6. The molecular weight excluding hydrogens is 478 g/mol. The van der Waals surface area contributed by atoms with Crippen molar-refractivity contribution in [2.75, 3.05) is 26.3 Å². The van der Waals surface area contributed by atoms with Crippen molar-refractivity contribution >= 4 is 16.0 Å². The van der Waals surface area contributed by atoms with Gasteiger partial charge in [0, 0.05) is 45.6 Å². The van der Waals surface area contributed by atoms with E-state index in [0.717, 1.165) is 12.8 Å². The molecule has 0 aromatic heterocycles. The van der Waals surface area contributed by atoms with E-state index in [-0.39, 0.29) is 32.0 Å². The molecule has 0 aromatic carbocycles. The zero-order valence-corrected chi connectivity index (χ0v) is 21.0. The first-order valence-electron chi connectivity index (χ1n) is 11.9. The minimum Gasteiger partial charge on any atom is -0.459 e. The van der Waals surface area contributed by atoms with Crippen molar-refractivity contribution in [2.45, 2.75) is 94.8 Å². The van der Waals surface area contributed by atoms with Gasteiger partial charge in [0.05, 0.1) is 0 Å². The summed E-state index contributed by atoms with van der Waals surface area (Å²) in [5, 5.41) is 0. The second-order valence-electron chi connectivity index (χ2n) is 10.1. The van der Waals surface area contributed by atoms with Gasteiger partial charge in [-0.2, -0.15) is 13.2 Å². The second-order valence-corrected chi connectivity index (χ2v) is 12.4. The van der Waals surface area contributed by atoms with E-state index in [1.165, 1.54) is 10.4 Å². The summed E-state index contributed by atoms with van der Waals surface area (Å²) >= 11 is 0. The molecule has 0 spiro atoms. The van der Waals surface area contributed by atoms with Crippen LogP contribution in [0.25, 0.3) is 0 Å². The van der Waals surface area contributed by atoms with E-state index in [1.54, 1.807) is 26.8 Å². The third kappa shape index (κ3) is 7.65. The highest BCUT2D eigenvalue weighted by Crippen LogP contribution is 2.37. The lowest BCUT2D eigenvalue weighted by atomic mass is 9.92. The normalized spacial score (nSPS) is 22.1. The van der Waals surface area contributed by atoms with E-state index >= 15 is 0 Å². The summed E-state index contributed by atoms with van der Waals surface area (Å²) < 4.78 is 87.1. The molecule has 0 amide bonds. The highest BCUT2D eigenvalue weighted by molar-refractivity contribution is 7.91. The quantitative estimate of drug-likeness (QED) is 0.188. The van der Waals surface area contributed by atoms with Gasteiger partial charge in [-0.15, -0.1) is 0 Å². The number of ether oxygens (including phenoxy) is 2. The number of alkyl halides is 4. The summed E-state index contributed by atoms with van der Waals surface area (Å²) in [6, 6.07) is 0. The van der Waals surface area contributed by atoms with Gasteiger partial charge in [-0.3, -0.25) is 4.79 Å². The SMILES string of the molecule is CC(C)(C)OC(=O)C1(S(=O)(=O)N2CCC(CCC/C=C/CC(F)C(F)(F)F)CC2)CCOCC1.